The van der Waals surface area contributed by atoms with Crippen LogP contribution < -0.4 is 5.32 Å². The summed E-state index contributed by atoms with van der Waals surface area (Å²) in [6, 6.07) is 10.2. The van der Waals surface area contributed by atoms with Crippen LogP contribution in [0.5, 0.6) is 0 Å². The first-order valence-corrected chi connectivity index (χ1v) is 9.30. The highest BCUT2D eigenvalue weighted by Gasteiger charge is 2.41. The minimum absolute atomic E-state index is 0.239. The predicted molar refractivity (Wildman–Crippen MR) is 96.8 cm³/mol. The summed E-state index contributed by atoms with van der Waals surface area (Å²) >= 11 is 1.71. The van der Waals surface area contributed by atoms with Gasteiger partial charge in [-0.25, -0.2) is 4.39 Å². The van der Waals surface area contributed by atoms with Gasteiger partial charge in [0, 0.05) is 35.9 Å². The normalized spacial score (nSPS) is 20.9. The number of piperidine rings is 1. The number of thiophene rings is 1. The lowest BCUT2D eigenvalue weighted by Gasteiger charge is -2.38. The van der Waals surface area contributed by atoms with Gasteiger partial charge in [-0.1, -0.05) is 12.1 Å². The van der Waals surface area contributed by atoms with Crippen LogP contribution in [0.2, 0.25) is 0 Å². The van der Waals surface area contributed by atoms with Gasteiger partial charge >= 0.3 is 0 Å². The molecular weight excluding hydrogens is 339 g/mol. The van der Waals surface area contributed by atoms with Crippen molar-refractivity contribution in [2.24, 2.45) is 0 Å². The summed E-state index contributed by atoms with van der Waals surface area (Å²) in [4.78, 5) is 16.8. The van der Waals surface area contributed by atoms with Gasteiger partial charge in [0.2, 0.25) is 0 Å². The number of carbonyl (C=O) groups is 1. The van der Waals surface area contributed by atoms with E-state index in [9.17, 15) is 14.3 Å². The van der Waals surface area contributed by atoms with Gasteiger partial charge < -0.3 is 15.3 Å². The van der Waals surface area contributed by atoms with Crippen LogP contribution in [-0.4, -0.2) is 34.6 Å². The molecule has 2 aromatic rings. The average Bonchev–Trinajstić information content (AvgIpc) is 2.99. The van der Waals surface area contributed by atoms with Crippen LogP contribution in [0, 0.1) is 12.7 Å². The Bertz CT molecular complexity index is 731. The second kappa shape index (κ2) is 7.64. The van der Waals surface area contributed by atoms with E-state index in [0.717, 1.165) is 12.0 Å². The molecule has 1 atom stereocenters. The topological polar surface area (TPSA) is 52.6 Å². The minimum Gasteiger partial charge on any atom is -0.379 e. The molecule has 1 amide bonds. The van der Waals surface area contributed by atoms with Gasteiger partial charge in [0.05, 0.1) is 0 Å². The fourth-order valence-corrected chi connectivity index (χ4v) is 4.02. The maximum atomic E-state index is 13.0. The molecule has 1 aliphatic rings. The number of aliphatic hydroxyl groups is 1. The van der Waals surface area contributed by atoms with Crippen molar-refractivity contribution < 1.29 is 14.3 Å². The monoisotopic (exact) mass is 362 g/mol. The predicted octanol–water partition coefficient (Wildman–Crippen LogP) is 2.84. The van der Waals surface area contributed by atoms with Gasteiger partial charge in [0.15, 0.2) is 5.60 Å². The Hall–Kier alpha value is -1.76. The van der Waals surface area contributed by atoms with Gasteiger partial charge in [-0.2, -0.15) is 0 Å². The van der Waals surface area contributed by atoms with Gasteiger partial charge in [-0.05, 0) is 49.6 Å². The molecule has 4 nitrogen and oxygen atoms in total. The van der Waals surface area contributed by atoms with Gasteiger partial charge in [-0.3, -0.25) is 4.79 Å². The third-order valence-corrected chi connectivity index (χ3v) is 5.50. The number of hydrogen-bond acceptors (Lipinski definition) is 4. The van der Waals surface area contributed by atoms with Crippen molar-refractivity contribution in [3.63, 3.8) is 0 Å². The van der Waals surface area contributed by atoms with E-state index < -0.39 is 5.60 Å². The van der Waals surface area contributed by atoms with Crippen LogP contribution in [0.25, 0.3) is 0 Å². The summed E-state index contributed by atoms with van der Waals surface area (Å²) in [5.41, 5.74) is -0.508. The molecule has 0 spiro atoms. The van der Waals surface area contributed by atoms with E-state index in [-0.39, 0.29) is 18.3 Å². The standard InChI is InChI=1S/C19H23FN2O2S/c1-14-3-8-17(25-14)11-21-13-19(24)9-2-10-22(18(19)23)12-15-4-6-16(20)7-5-15/h3-8,21,24H,2,9-13H2,1H3/t19-/m1/s1. The third-order valence-electron chi connectivity index (χ3n) is 4.50. The molecule has 2 N–H and O–H groups in total. The van der Waals surface area contributed by atoms with Gasteiger partial charge in [0.25, 0.3) is 5.91 Å². The zero-order chi connectivity index (χ0) is 17.9. The Morgan fingerprint density at radius 3 is 2.72 bits per heavy atom. The maximum Gasteiger partial charge on any atom is 0.256 e. The Morgan fingerprint density at radius 2 is 2.04 bits per heavy atom. The highest BCUT2D eigenvalue weighted by atomic mass is 32.1. The van der Waals surface area contributed by atoms with Crippen molar-refractivity contribution in [2.75, 3.05) is 13.1 Å². The number of likely N-dealkylation sites (tertiary alicyclic amines) is 1. The Kier molecular flexibility index (Phi) is 5.51. The number of carbonyl (C=O) groups excluding carboxylic acids is 1. The van der Waals surface area contributed by atoms with Gasteiger partial charge in [-0.15, -0.1) is 11.3 Å². The SMILES string of the molecule is Cc1ccc(CNC[C@]2(O)CCCN(Cc3ccc(F)cc3)C2=O)s1. The summed E-state index contributed by atoms with van der Waals surface area (Å²) < 4.78 is 13.0. The van der Waals surface area contributed by atoms with E-state index in [2.05, 4.69) is 24.4 Å². The van der Waals surface area contributed by atoms with E-state index in [0.29, 0.717) is 26.1 Å². The highest BCUT2D eigenvalue weighted by molar-refractivity contribution is 7.11. The van der Waals surface area contributed by atoms with E-state index in [1.807, 2.05) is 0 Å². The third kappa shape index (κ3) is 4.45. The molecular formula is C19H23FN2O2S. The van der Waals surface area contributed by atoms with E-state index >= 15 is 0 Å². The van der Waals surface area contributed by atoms with Crippen molar-refractivity contribution in [1.29, 1.82) is 0 Å². The quantitative estimate of drug-likeness (QED) is 0.831. The first-order valence-electron chi connectivity index (χ1n) is 8.48. The molecule has 0 bridgehead atoms. The molecule has 1 saturated heterocycles. The largest absolute Gasteiger partial charge is 0.379 e. The molecule has 0 aliphatic carbocycles. The Morgan fingerprint density at radius 1 is 1.28 bits per heavy atom. The number of halogens is 1. The van der Waals surface area contributed by atoms with Crippen LogP contribution in [0.1, 0.15) is 28.2 Å². The summed E-state index contributed by atoms with van der Waals surface area (Å²) in [7, 11) is 0. The lowest BCUT2D eigenvalue weighted by atomic mass is 9.91. The maximum absolute atomic E-state index is 13.0. The molecule has 0 unspecified atom stereocenters. The number of nitrogens with one attached hydrogen (secondary N) is 1. The number of benzene rings is 1. The Labute approximate surface area is 151 Å². The van der Waals surface area contributed by atoms with E-state index in [1.165, 1.54) is 21.9 Å². The Balaban J connectivity index is 1.58. The smallest absolute Gasteiger partial charge is 0.256 e. The zero-order valence-electron chi connectivity index (χ0n) is 14.3. The van der Waals surface area contributed by atoms with Crippen molar-refractivity contribution in [2.45, 2.75) is 38.5 Å². The molecule has 1 aliphatic heterocycles. The summed E-state index contributed by atoms with van der Waals surface area (Å²) in [6.07, 6.45) is 1.21. The fourth-order valence-electron chi connectivity index (χ4n) is 3.16. The molecule has 0 radical (unpaired) electrons. The second-order valence-electron chi connectivity index (χ2n) is 6.60. The molecule has 3 rings (SSSR count). The van der Waals surface area contributed by atoms with Gasteiger partial charge in [0.1, 0.15) is 5.82 Å². The van der Waals surface area contributed by atoms with Crippen LogP contribution in [-0.2, 0) is 17.9 Å². The minimum atomic E-state index is -1.37. The zero-order valence-corrected chi connectivity index (χ0v) is 15.1. The van der Waals surface area contributed by atoms with Crippen molar-refractivity contribution >= 4 is 17.2 Å². The van der Waals surface area contributed by atoms with Crippen LogP contribution >= 0.6 is 11.3 Å². The lowest BCUT2D eigenvalue weighted by molar-refractivity contribution is -0.157. The molecule has 25 heavy (non-hydrogen) atoms. The molecule has 1 fully saturated rings. The van der Waals surface area contributed by atoms with E-state index in [4.69, 9.17) is 0 Å². The van der Waals surface area contributed by atoms with Crippen LogP contribution in [0.3, 0.4) is 0 Å². The van der Waals surface area contributed by atoms with Crippen LogP contribution in [0.4, 0.5) is 4.39 Å². The number of hydrogen-bond donors (Lipinski definition) is 2. The fraction of sp³-hybridized carbons (Fsp3) is 0.421. The summed E-state index contributed by atoms with van der Waals surface area (Å²) in [5.74, 6) is -0.545. The molecule has 6 heteroatoms. The van der Waals surface area contributed by atoms with Crippen molar-refractivity contribution in [3.05, 3.63) is 57.5 Å². The van der Waals surface area contributed by atoms with Crippen LogP contribution in [0.15, 0.2) is 36.4 Å². The number of nitrogens with zero attached hydrogens (tertiary/aromatic N) is 1. The highest BCUT2D eigenvalue weighted by Crippen LogP contribution is 2.24. The first-order chi connectivity index (χ1) is 12.0. The second-order valence-corrected chi connectivity index (χ2v) is 7.98. The average molecular weight is 362 g/mol. The number of aryl methyl sites for hydroxylation is 1. The molecule has 134 valence electrons. The van der Waals surface area contributed by atoms with Crippen molar-refractivity contribution in [1.82, 2.24) is 10.2 Å². The lowest BCUT2D eigenvalue weighted by Crippen LogP contribution is -2.57. The molecule has 2 heterocycles. The summed E-state index contributed by atoms with van der Waals surface area (Å²) in [5, 5.41) is 14.0. The molecule has 1 aromatic heterocycles. The number of amides is 1. The summed E-state index contributed by atoms with van der Waals surface area (Å²) in [6.45, 7) is 3.95. The first kappa shape index (κ1) is 18.0. The van der Waals surface area contributed by atoms with E-state index in [1.54, 1.807) is 28.4 Å². The van der Waals surface area contributed by atoms with Crippen molar-refractivity contribution in [3.8, 4) is 0 Å². The molecule has 0 saturated carbocycles. The molecule has 1 aromatic carbocycles. The number of rotatable bonds is 6.